The largest absolute Gasteiger partial charge is 0.489 e. The smallest absolute Gasteiger partial charge is 0.416 e. The minimum Gasteiger partial charge on any atom is -0.489 e. The van der Waals surface area contributed by atoms with Crippen molar-refractivity contribution < 1.29 is 22.7 Å². The number of alkyl halides is 3. The van der Waals surface area contributed by atoms with Crippen molar-refractivity contribution in [3.8, 4) is 11.8 Å². The lowest BCUT2D eigenvalue weighted by atomic mass is 9.68. The molecule has 1 unspecified atom stereocenters. The van der Waals surface area contributed by atoms with Gasteiger partial charge in [0.05, 0.1) is 23.1 Å². The molecule has 2 N–H and O–H groups in total. The van der Waals surface area contributed by atoms with E-state index in [1.807, 2.05) is 39.8 Å². The van der Waals surface area contributed by atoms with Crippen molar-refractivity contribution in [3.05, 3.63) is 116 Å². The number of ether oxygens (including phenoxy) is 1. The van der Waals surface area contributed by atoms with E-state index < -0.39 is 23.1 Å². The molecule has 5 nitrogen and oxygen atoms in total. The van der Waals surface area contributed by atoms with Gasteiger partial charge in [-0.15, -0.1) is 0 Å². The third kappa shape index (κ3) is 5.87. The Labute approximate surface area is 254 Å². The Morgan fingerprint density at radius 3 is 2.30 bits per heavy atom. The number of halogens is 4. The second-order valence-corrected chi connectivity index (χ2v) is 12.3. The first kappa shape index (κ1) is 30.2. The van der Waals surface area contributed by atoms with Gasteiger partial charge in [-0.2, -0.15) is 18.4 Å². The Balaban J connectivity index is 1.64. The van der Waals surface area contributed by atoms with Crippen LogP contribution in [0.3, 0.4) is 0 Å². The summed E-state index contributed by atoms with van der Waals surface area (Å²) in [6, 6.07) is 17.8. The SMILES string of the molecule is Cc1cc(C)c(C2C(C#N)=C(N)N(c3ccc(C(F)(F)F)cc3)C3=C2C(=O)CC(C)(C)C3)cc1COc1ccc(Cl)cc1. The quantitative estimate of drug-likeness (QED) is 0.315. The van der Waals surface area contributed by atoms with Crippen LogP contribution in [0.5, 0.6) is 5.75 Å². The monoisotopic (exact) mass is 605 g/mol. The fourth-order valence-corrected chi connectivity index (χ4v) is 6.11. The lowest BCUT2D eigenvalue weighted by Gasteiger charge is -2.44. The summed E-state index contributed by atoms with van der Waals surface area (Å²) in [6.07, 6.45) is -3.79. The molecule has 0 saturated carbocycles. The van der Waals surface area contributed by atoms with Crippen LogP contribution in [0.15, 0.2) is 83.3 Å². The number of benzene rings is 3. The maximum absolute atomic E-state index is 13.9. The Hall–Kier alpha value is -4.22. The summed E-state index contributed by atoms with van der Waals surface area (Å²) >= 11 is 6.00. The lowest BCUT2D eigenvalue weighted by Crippen LogP contribution is -2.42. The molecule has 0 fully saturated rings. The number of carbonyl (C=O) groups excluding carboxylic acids is 1. The number of nitriles is 1. The van der Waals surface area contributed by atoms with E-state index in [4.69, 9.17) is 22.1 Å². The van der Waals surface area contributed by atoms with Crippen molar-refractivity contribution in [1.29, 1.82) is 5.26 Å². The number of hydrogen-bond acceptors (Lipinski definition) is 5. The predicted molar refractivity (Wildman–Crippen MR) is 160 cm³/mol. The van der Waals surface area contributed by atoms with Gasteiger partial charge in [0.1, 0.15) is 18.2 Å². The number of nitrogens with two attached hydrogens (primary N) is 1. The molecule has 43 heavy (non-hydrogen) atoms. The average Bonchev–Trinajstić information content (AvgIpc) is 2.92. The van der Waals surface area contributed by atoms with Crippen LogP contribution in [0.25, 0.3) is 0 Å². The number of rotatable bonds is 5. The first-order valence-electron chi connectivity index (χ1n) is 13.8. The van der Waals surface area contributed by atoms with Gasteiger partial charge in [-0.3, -0.25) is 9.69 Å². The van der Waals surface area contributed by atoms with E-state index in [2.05, 4.69) is 6.07 Å². The van der Waals surface area contributed by atoms with E-state index in [0.29, 0.717) is 34.2 Å². The van der Waals surface area contributed by atoms with Gasteiger partial charge in [-0.1, -0.05) is 37.6 Å². The molecular formula is C34H31ClF3N3O2. The normalized spacial score (nSPS) is 18.4. The van der Waals surface area contributed by atoms with Crippen LogP contribution in [0.4, 0.5) is 18.9 Å². The highest BCUT2D eigenvalue weighted by molar-refractivity contribution is 6.30. The van der Waals surface area contributed by atoms with Crippen LogP contribution in [-0.4, -0.2) is 5.78 Å². The van der Waals surface area contributed by atoms with Gasteiger partial charge in [-0.25, -0.2) is 0 Å². The van der Waals surface area contributed by atoms with E-state index in [-0.39, 0.29) is 30.2 Å². The summed E-state index contributed by atoms with van der Waals surface area (Å²) in [5.74, 6) is -0.112. The van der Waals surface area contributed by atoms with E-state index in [1.54, 1.807) is 29.2 Å². The zero-order valence-corrected chi connectivity index (χ0v) is 25.0. The van der Waals surface area contributed by atoms with Gasteiger partial charge < -0.3 is 10.5 Å². The third-order valence-electron chi connectivity index (χ3n) is 8.08. The molecule has 222 valence electrons. The highest BCUT2D eigenvalue weighted by atomic mass is 35.5. The van der Waals surface area contributed by atoms with Gasteiger partial charge in [-0.05, 0) is 96.5 Å². The van der Waals surface area contributed by atoms with Crippen LogP contribution in [0.1, 0.15) is 60.4 Å². The number of hydrogen-bond donors (Lipinski definition) is 1. The van der Waals surface area contributed by atoms with Gasteiger partial charge >= 0.3 is 6.18 Å². The number of Topliss-reactive ketones (excluding diaryl/α,β-unsaturated/α-hetero) is 1. The number of aryl methyl sites for hydroxylation is 2. The van der Waals surface area contributed by atoms with Crippen LogP contribution in [-0.2, 0) is 17.6 Å². The Bertz CT molecular complexity index is 1700. The molecule has 3 aromatic carbocycles. The van der Waals surface area contributed by atoms with E-state index >= 15 is 0 Å². The first-order valence-corrected chi connectivity index (χ1v) is 14.2. The van der Waals surface area contributed by atoms with E-state index in [9.17, 15) is 23.2 Å². The Morgan fingerprint density at radius 2 is 1.70 bits per heavy atom. The number of carbonyl (C=O) groups is 1. The van der Waals surface area contributed by atoms with E-state index in [1.165, 1.54) is 12.1 Å². The summed E-state index contributed by atoms with van der Waals surface area (Å²) in [6.45, 7) is 8.09. The first-order chi connectivity index (χ1) is 20.2. The van der Waals surface area contributed by atoms with Crippen LogP contribution < -0.4 is 15.4 Å². The zero-order chi connectivity index (χ0) is 31.3. The molecule has 0 saturated heterocycles. The molecule has 0 radical (unpaired) electrons. The maximum atomic E-state index is 13.9. The molecular weight excluding hydrogens is 575 g/mol. The van der Waals surface area contributed by atoms with Crippen LogP contribution in [0, 0.1) is 30.6 Å². The zero-order valence-electron chi connectivity index (χ0n) is 24.3. The maximum Gasteiger partial charge on any atom is 0.416 e. The fraction of sp³-hybridized carbons (Fsp3) is 0.294. The van der Waals surface area contributed by atoms with Gasteiger partial charge in [0.25, 0.3) is 0 Å². The average molecular weight is 606 g/mol. The van der Waals surface area contributed by atoms with Crippen LogP contribution >= 0.6 is 11.6 Å². The molecule has 3 aromatic rings. The minimum atomic E-state index is -4.50. The minimum absolute atomic E-state index is 0.0930. The second kappa shape index (κ2) is 11.1. The van der Waals surface area contributed by atoms with Crippen molar-refractivity contribution in [1.82, 2.24) is 0 Å². The number of allylic oxidation sites excluding steroid dienone is 3. The molecule has 1 heterocycles. The molecule has 1 atom stereocenters. The second-order valence-electron chi connectivity index (χ2n) is 11.9. The van der Waals surface area contributed by atoms with Gasteiger partial charge in [0, 0.05) is 28.4 Å². The van der Waals surface area contributed by atoms with Crippen molar-refractivity contribution >= 4 is 23.1 Å². The standard InChI is InChI=1S/C34H31ClF3N3O2/c1-19-13-20(2)26(14-21(19)18-43-25-11-7-23(35)8-12-25)30-27(17-39)32(40)41(24-9-5-22(6-10-24)34(36,37)38)28-15-33(3,4)16-29(42)31(28)30/h5-14,30H,15-16,18,40H2,1-4H3. The molecule has 5 rings (SSSR count). The fourth-order valence-electron chi connectivity index (χ4n) is 5.99. The highest BCUT2D eigenvalue weighted by Gasteiger charge is 2.45. The van der Waals surface area contributed by atoms with Gasteiger partial charge in [0.15, 0.2) is 5.78 Å². The highest BCUT2D eigenvalue weighted by Crippen LogP contribution is 2.51. The predicted octanol–water partition coefficient (Wildman–Crippen LogP) is 8.50. The van der Waals surface area contributed by atoms with Crippen molar-refractivity contribution in [2.45, 2.75) is 59.2 Å². The van der Waals surface area contributed by atoms with Crippen molar-refractivity contribution in [2.24, 2.45) is 11.1 Å². The summed E-state index contributed by atoms with van der Waals surface area (Å²) in [7, 11) is 0. The molecule has 1 aliphatic carbocycles. The van der Waals surface area contributed by atoms with Crippen molar-refractivity contribution in [2.75, 3.05) is 4.90 Å². The summed E-state index contributed by atoms with van der Waals surface area (Å²) in [5.41, 5.74) is 10.5. The summed E-state index contributed by atoms with van der Waals surface area (Å²) in [5, 5.41) is 11.0. The van der Waals surface area contributed by atoms with Gasteiger partial charge in [0.2, 0.25) is 0 Å². The molecule has 1 aliphatic heterocycles. The lowest BCUT2D eigenvalue weighted by molar-refractivity contribution is -0.137. The number of anilines is 1. The molecule has 9 heteroatoms. The molecule has 0 bridgehead atoms. The van der Waals surface area contributed by atoms with Crippen molar-refractivity contribution in [3.63, 3.8) is 0 Å². The van der Waals surface area contributed by atoms with Crippen LogP contribution in [0.2, 0.25) is 5.02 Å². The topological polar surface area (TPSA) is 79.4 Å². The summed E-state index contributed by atoms with van der Waals surface area (Å²) in [4.78, 5) is 15.5. The Kier molecular flexibility index (Phi) is 7.82. The number of nitrogens with zero attached hydrogens (tertiary/aromatic N) is 2. The summed E-state index contributed by atoms with van der Waals surface area (Å²) < 4.78 is 46.0. The molecule has 0 aromatic heterocycles. The van der Waals surface area contributed by atoms with E-state index in [0.717, 1.165) is 34.4 Å². The molecule has 0 amide bonds. The third-order valence-corrected chi connectivity index (χ3v) is 8.33. The molecule has 2 aliphatic rings. The number of ketones is 1. The molecule has 0 spiro atoms. The Morgan fingerprint density at radius 1 is 1.05 bits per heavy atom.